The molecule has 1 heterocycles. The number of rotatable bonds is 6. The van der Waals surface area contributed by atoms with Gasteiger partial charge in [-0.15, -0.1) is 5.10 Å². The van der Waals surface area contributed by atoms with Crippen LogP contribution in [0.4, 0.5) is 0 Å². The standard InChI is InChI=1S/C15H29N5O/c1-10(2)8-11(9-20(6)7)16-13(21)12-17-14(19-18-12)15(3,4)5/h10-11H,8-9H2,1-7H3,(H,16,21)(H,17,18,19). The van der Waals surface area contributed by atoms with E-state index in [0.717, 1.165) is 18.8 Å². The maximum Gasteiger partial charge on any atom is 0.291 e. The topological polar surface area (TPSA) is 73.9 Å². The molecule has 1 aromatic rings. The molecule has 1 amide bonds. The Morgan fingerprint density at radius 3 is 2.38 bits per heavy atom. The predicted molar refractivity (Wildman–Crippen MR) is 84.3 cm³/mol. The van der Waals surface area contributed by atoms with Crippen molar-refractivity contribution in [3.8, 4) is 0 Å². The second-order valence-corrected chi connectivity index (χ2v) is 7.32. The fraction of sp³-hybridized carbons (Fsp3) is 0.800. The summed E-state index contributed by atoms with van der Waals surface area (Å²) in [6.45, 7) is 11.2. The number of amides is 1. The van der Waals surface area contributed by atoms with Crippen molar-refractivity contribution in [3.63, 3.8) is 0 Å². The van der Waals surface area contributed by atoms with Crippen molar-refractivity contribution < 1.29 is 4.79 Å². The van der Waals surface area contributed by atoms with Crippen LogP contribution in [0.25, 0.3) is 0 Å². The van der Waals surface area contributed by atoms with Gasteiger partial charge in [0, 0.05) is 18.0 Å². The second-order valence-electron chi connectivity index (χ2n) is 7.32. The number of aromatic nitrogens is 3. The molecule has 120 valence electrons. The first-order chi connectivity index (χ1) is 9.59. The molecule has 0 saturated carbocycles. The molecular formula is C15H29N5O. The number of hydrogen-bond donors (Lipinski definition) is 2. The Morgan fingerprint density at radius 2 is 1.95 bits per heavy atom. The molecule has 6 heteroatoms. The number of carbonyl (C=O) groups is 1. The molecule has 0 radical (unpaired) electrons. The molecule has 1 unspecified atom stereocenters. The molecule has 0 spiro atoms. The Bertz CT molecular complexity index is 449. The summed E-state index contributed by atoms with van der Waals surface area (Å²) in [4.78, 5) is 18.7. The van der Waals surface area contributed by atoms with Crippen LogP contribution in [0, 0.1) is 5.92 Å². The average Bonchev–Trinajstić information content (AvgIpc) is 2.75. The molecule has 0 aliphatic heterocycles. The molecule has 1 rings (SSSR count). The molecule has 0 aromatic carbocycles. The van der Waals surface area contributed by atoms with Crippen molar-refractivity contribution in [1.29, 1.82) is 0 Å². The van der Waals surface area contributed by atoms with Gasteiger partial charge in [-0.1, -0.05) is 34.6 Å². The van der Waals surface area contributed by atoms with Crippen LogP contribution in [0.3, 0.4) is 0 Å². The maximum atomic E-state index is 12.3. The molecule has 0 aliphatic rings. The fourth-order valence-corrected chi connectivity index (χ4v) is 2.14. The van der Waals surface area contributed by atoms with E-state index in [-0.39, 0.29) is 23.2 Å². The van der Waals surface area contributed by atoms with Crippen LogP contribution in [0.2, 0.25) is 0 Å². The van der Waals surface area contributed by atoms with Crippen molar-refractivity contribution in [2.24, 2.45) is 5.92 Å². The van der Waals surface area contributed by atoms with E-state index in [0.29, 0.717) is 5.92 Å². The molecule has 0 bridgehead atoms. The quantitative estimate of drug-likeness (QED) is 0.839. The number of aromatic amines is 1. The van der Waals surface area contributed by atoms with Gasteiger partial charge in [-0.05, 0) is 26.4 Å². The number of nitrogens with zero attached hydrogens (tertiary/aromatic N) is 3. The minimum atomic E-state index is -0.214. The van der Waals surface area contributed by atoms with E-state index in [9.17, 15) is 4.79 Å². The molecule has 0 aliphatic carbocycles. The monoisotopic (exact) mass is 295 g/mol. The molecule has 0 saturated heterocycles. The number of H-pyrrole nitrogens is 1. The summed E-state index contributed by atoms with van der Waals surface area (Å²) >= 11 is 0. The lowest BCUT2D eigenvalue weighted by Crippen LogP contribution is -2.42. The number of likely N-dealkylation sites (N-methyl/N-ethyl adjacent to an activating group) is 1. The predicted octanol–water partition coefficient (Wildman–Crippen LogP) is 1.81. The lowest BCUT2D eigenvalue weighted by atomic mass is 9.96. The van der Waals surface area contributed by atoms with E-state index >= 15 is 0 Å². The summed E-state index contributed by atoms with van der Waals surface area (Å²) in [7, 11) is 4.01. The van der Waals surface area contributed by atoms with Crippen LogP contribution in [0.1, 0.15) is 57.5 Å². The van der Waals surface area contributed by atoms with E-state index in [1.165, 1.54) is 0 Å². The minimum absolute atomic E-state index is 0.101. The van der Waals surface area contributed by atoms with Gasteiger partial charge in [0.15, 0.2) is 0 Å². The van der Waals surface area contributed by atoms with Crippen molar-refractivity contribution >= 4 is 5.91 Å². The third-order valence-electron chi connectivity index (χ3n) is 3.08. The van der Waals surface area contributed by atoms with Gasteiger partial charge in [0.2, 0.25) is 5.82 Å². The van der Waals surface area contributed by atoms with Gasteiger partial charge in [0.05, 0.1) is 0 Å². The first kappa shape index (κ1) is 17.6. The van der Waals surface area contributed by atoms with E-state index in [2.05, 4.69) is 39.2 Å². The number of nitrogens with one attached hydrogen (secondary N) is 2. The number of carbonyl (C=O) groups excluding carboxylic acids is 1. The molecule has 6 nitrogen and oxygen atoms in total. The van der Waals surface area contributed by atoms with E-state index < -0.39 is 0 Å². The van der Waals surface area contributed by atoms with Gasteiger partial charge in [0.25, 0.3) is 5.91 Å². The van der Waals surface area contributed by atoms with Gasteiger partial charge in [0.1, 0.15) is 5.82 Å². The van der Waals surface area contributed by atoms with Crippen molar-refractivity contribution in [1.82, 2.24) is 25.4 Å². The molecule has 21 heavy (non-hydrogen) atoms. The maximum absolute atomic E-state index is 12.3. The van der Waals surface area contributed by atoms with Crippen molar-refractivity contribution in [3.05, 3.63) is 11.6 Å². The minimum Gasteiger partial charge on any atom is -0.345 e. The summed E-state index contributed by atoms with van der Waals surface area (Å²) in [6, 6.07) is 0.101. The van der Waals surface area contributed by atoms with Crippen LogP contribution in [-0.2, 0) is 5.41 Å². The lowest BCUT2D eigenvalue weighted by Gasteiger charge is -2.23. The van der Waals surface area contributed by atoms with Gasteiger partial charge >= 0.3 is 0 Å². The van der Waals surface area contributed by atoms with Crippen LogP contribution in [0.15, 0.2) is 0 Å². The zero-order valence-electron chi connectivity index (χ0n) is 14.3. The Kier molecular flexibility index (Phi) is 5.89. The normalized spacial score (nSPS) is 13.8. The Morgan fingerprint density at radius 1 is 1.33 bits per heavy atom. The van der Waals surface area contributed by atoms with Gasteiger partial charge in [-0.25, -0.2) is 4.98 Å². The molecule has 1 atom stereocenters. The summed E-state index contributed by atoms with van der Waals surface area (Å²) in [5.74, 6) is 1.25. The highest BCUT2D eigenvalue weighted by Gasteiger charge is 2.23. The Balaban J connectivity index is 2.74. The van der Waals surface area contributed by atoms with Crippen LogP contribution >= 0.6 is 0 Å². The van der Waals surface area contributed by atoms with E-state index in [1.807, 2.05) is 34.9 Å². The van der Waals surface area contributed by atoms with Gasteiger partial charge < -0.3 is 10.2 Å². The van der Waals surface area contributed by atoms with Crippen molar-refractivity contribution in [2.45, 2.75) is 52.5 Å². The molecule has 0 fully saturated rings. The summed E-state index contributed by atoms with van der Waals surface area (Å²) in [5, 5.41) is 9.92. The van der Waals surface area contributed by atoms with Crippen LogP contribution < -0.4 is 5.32 Å². The SMILES string of the molecule is CC(C)CC(CN(C)C)NC(=O)c1n[nH]c(C(C)(C)C)n1. The fourth-order valence-electron chi connectivity index (χ4n) is 2.14. The highest BCUT2D eigenvalue weighted by atomic mass is 16.2. The molecule has 1 aromatic heterocycles. The van der Waals surface area contributed by atoms with Crippen LogP contribution in [0.5, 0.6) is 0 Å². The van der Waals surface area contributed by atoms with Crippen molar-refractivity contribution in [2.75, 3.05) is 20.6 Å². The number of hydrogen-bond acceptors (Lipinski definition) is 4. The zero-order chi connectivity index (χ0) is 16.2. The smallest absolute Gasteiger partial charge is 0.291 e. The summed E-state index contributed by atoms with van der Waals surface area (Å²) in [6.07, 6.45) is 0.931. The lowest BCUT2D eigenvalue weighted by molar-refractivity contribution is 0.0914. The third-order valence-corrected chi connectivity index (χ3v) is 3.08. The summed E-state index contributed by atoms with van der Waals surface area (Å²) in [5.41, 5.74) is -0.146. The largest absolute Gasteiger partial charge is 0.345 e. The van der Waals surface area contributed by atoms with Crippen LogP contribution in [-0.4, -0.2) is 52.7 Å². The highest BCUT2D eigenvalue weighted by Crippen LogP contribution is 2.17. The Labute approximate surface area is 127 Å². The zero-order valence-corrected chi connectivity index (χ0v) is 14.3. The van der Waals surface area contributed by atoms with Gasteiger partial charge in [-0.3, -0.25) is 9.89 Å². The first-order valence-electron chi connectivity index (χ1n) is 7.48. The second kappa shape index (κ2) is 7.02. The van der Waals surface area contributed by atoms with E-state index in [1.54, 1.807) is 0 Å². The van der Waals surface area contributed by atoms with E-state index in [4.69, 9.17) is 0 Å². The van der Waals surface area contributed by atoms with Gasteiger partial charge in [-0.2, -0.15) is 0 Å². The first-order valence-corrected chi connectivity index (χ1v) is 7.48. The third kappa shape index (κ3) is 5.83. The molecule has 2 N–H and O–H groups in total. The average molecular weight is 295 g/mol. The Hall–Kier alpha value is -1.43. The summed E-state index contributed by atoms with van der Waals surface area (Å²) < 4.78 is 0. The molecular weight excluding hydrogens is 266 g/mol. The highest BCUT2D eigenvalue weighted by molar-refractivity contribution is 5.90.